The molecule has 0 fully saturated rings. The van der Waals surface area contributed by atoms with Crippen molar-refractivity contribution in [2.45, 2.75) is 39.9 Å². The fourth-order valence-corrected chi connectivity index (χ4v) is 3.65. The minimum atomic E-state index is -0.402. The molecule has 0 radical (unpaired) electrons. The standard InChI is InChI=1S/C21H24N6O2/c1-13(2)11-25-19(28)17-18(24(5)21(25)29)22-20-26(12-16-9-7-6-8-10-16)23-14(3)15(4)27(17)20/h6-10,15H,1,11-12H2,2-5H3/t15-/m0/s1. The van der Waals surface area contributed by atoms with Crippen molar-refractivity contribution in [2.24, 2.45) is 12.1 Å². The normalized spacial score (nSPS) is 16.1. The second-order valence-electron chi connectivity index (χ2n) is 7.60. The average molecular weight is 392 g/mol. The number of benzene rings is 1. The molecule has 8 nitrogen and oxygen atoms in total. The summed E-state index contributed by atoms with van der Waals surface area (Å²) in [5.41, 5.74) is 2.69. The minimum Gasteiger partial charge on any atom is -0.294 e. The van der Waals surface area contributed by atoms with Crippen molar-refractivity contribution < 1.29 is 0 Å². The Labute approximate surface area is 168 Å². The highest BCUT2D eigenvalue weighted by atomic mass is 16.2. The van der Waals surface area contributed by atoms with Gasteiger partial charge in [-0.15, -0.1) is 0 Å². The molecule has 0 aliphatic carbocycles. The molecule has 8 heteroatoms. The Bertz CT molecular complexity index is 1260. The van der Waals surface area contributed by atoms with Crippen LogP contribution in [0, 0.1) is 0 Å². The predicted molar refractivity (Wildman–Crippen MR) is 114 cm³/mol. The number of hydrogen-bond donors (Lipinski definition) is 0. The van der Waals surface area contributed by atoms with E-state index in [4.69, 9.17) is 5.10 Å². The first-order chi connectivity index (χ1) is 13.8. The van der Waals surface area contributed by atoms with E-state index in [0.717, 1.165) is 16.8 Å². The molecular weight excluding hydrogens is 368 g/mol. The molecule has 3 heterocycles. The monoisotopic (exact) mass is 392 g/mol. The van der Waals surface area contributed by atoms with E-state index >= 15 is 0 Å². The van der Waals surface area contributed by atoms with Crippen LogP contribution in [0.15, 0.2) is 57.2 Å². The van der Waals surface area contributed by atoms with Gasteiger partial charge in [-0.25, -0.2) is 9.80 Å². The minimum absolute atomic E-state index is 0.148. The van der Waals surface area contributed by atoms with Crippen molar-refractivity contribution in [3.63, 3.8) is 0 Å². The fraction of sp³-hybridized carbons (Fsp3) is 0.333. The van der Waals surface area contributed by atoms with Crippen molar-refractivity contribution >= 4 is 22.8 Å². The molecule has 1 aromatic carbocycles. The highest BCUT2D eigenvalue weighted by molar-refractivity contribution is 5.91. The molecule has 0 bridgehead atoms. The SMILES string of the molecule is C=C(C)Cn1c(=O)c2c(nc3n2[C@@H](C)C(C)=NN3Cc2ccccc2)n(C)c1=O. The lowest BCUT2D eigenvalue weighted by molar-refractivity contribution is 0.624. The molecule has 0 spiro atoms. The Morgan fingerprint density at radius 3 is 2.55 bits per heavy atom. The number of allylic oxidation sites excluding steroid dienone is 1. The Balaban J connectivity index is 1.98. The highest BCUT2D eigenvalue weighted by Crippen LogP contribution is 2.30. The summed E-state index contributed by atoms with van der Waals surface area (Å²) in [6, 6.07) is 9.80. The van der Waals surface area contributed by atoms with E-state index in [1.807, 2.05) is 48.7 Å². The van der Waals surface area contributed by atoms with Gasteiger partial charge in [0.15, 0.2) is 11.2 Å². The Hall–Kier alpha value is -3.42. The summed E-state index contributed by atoms with van der Waals surface area (Å²) in [6.07, 6.45) is 0. The predicted octanol–water partition coefficient (Wildman–Crippen LogP) is 2.43. The first-order valence-corrected chi connectivity index (χ1v) is 9.52. The van der Waals surface area contributed by atoms with E-state index in [9.17, 15) is 9.59 Å². The van der Waals surface area contributed by atoms with Crippen LogP contribution >= 0.6 is 0 Å². The molecule has 0 saturated heterocycles. The van der Waals surface area contributed by atoms with E-state index in [2.05, 4.69) is 11.6 Å². The third kappa shape index (κ3) is 3.00. The number of anilines is 1. The quantitative estimate of drug-likeness (QED) is 0.639. The van der Waals surface area contributed by atoms with Gasteiger partial charge >= 0.3 is 5.69 Å². The number of aryl methyl sites for hydroxylation is 1. The van der Waals surface area contributed by atoms with Crippen LogP contribution in [-0.4, -0.2) is 24.4 Å². The maximum atomic E-state index is 13.3. The van der Waals surface area contributed by atoms with E-state index in [0.29, 0.717) is 23.7 Å². The second-order valence-corrected chi connectivity index (χ2v) is 7.60. The van der Waals surface area contributed by atoms with E-state index in [-0.39, 0.29) is 18.1 Å². The van der Waals surface area contributed by atoms with Crippen molar-refractivity contribution in [1.29, 1.82) is 0 Å². The molecule has 0 saturated carbocycles. The molecule has 2 aromatic heterocycles. The summed E-state index contributed by atoms with van der Waals surface area (Å²) in [7, 11) is 1.64. The van der Waals surface area contributed by atoms with Gasteiger partial charge in [0.25, 0.3) is 5.56 Å². The van der Waals surface area contributed by atoms with Gasteiger partial charge in [0.2, 0.25) is 5.95 Å². The molecule has 1 atom stereocenters. The van der Waals surface area contributed by atoms with Crippen molar-refractivity contribution in [3.05, 3.63) is 68.9 Å². The summed E-state index contributed by atoms with van der Waals surface area (Å²) < 4.78 is 4.53. The van der Waals surface area contributed by atoms with E-state index < -0.39 is 5.69 Å². The van der Waals surface area contributed by atoms with Crippen LogP contribution in [0.1, 0.15) is 32.4 Å². The lowest BCUT2D eigenvalue weighted by atomic mass is 10.2. The molecule has 0 unspecified atom stereocenters. The summed E-state index contributed by atoms with van der Waals surface area (Å²) in [6.45, 7) is 10.3. The lowest BCUT2D eigenvalue weighted by Crippen LogP contribution is -2.40. The number of aromatic nitrogens is 4. The maximum Gasteiger partial charge on any atom is 0.332 e. The van der Waals surface area contributed by atoms with Crippen LogP contribution in [0.3, 0.4) is 0 Å². The van der Waals surface area contributed by atoms with Crippen LogP contribution in [-0.2, 0) is 20.1 Å². The number of imidazole rings is 1. The maximum absolute atomic E-state index is 13.3. The summed E-state index contributed by atoms with van der Waals surface area (Å²) in [5, 5.41) is 6.49. The Morgan fingerprint density at radius 2 is 1.90 bits per heavy atom. The zero-order chi connectivity index (χ0) is 20.9. The Kier molecular flexibility index (Phi) is 4.49. The van der Waals surface area contributed by atoms with Crippen LogP contribution in [0.4, 0.5) is 5.95 Å². The average Bonchev–Trinajstić information content (AvgIpc) is 3.09. The molecule has 150 valence electrons. The molecule has 1 aliphatic heterocycles. The zero-order valence-electron chi connectivity index (χ0n) is 17.1. The summed E-state index contributed by atoms with van der Waals surface area (Å²) in [5.74, 6) is 0.558. The van der Waals surface area contributed by atoms with Crippen molar-refractivity contribution in [3.8, 4) is 0 Å². The lowest BCUT2D eigenvalue weighted by Gasteiger charge is -2.29. The van der Waals surface area contributed by atoms with Gasteiger partial charge in [-0.2, -0.15) is 10.1 Å². The number of hydrazone groups is 1. The molecular formula is C21H24N6O2. The van der Waals surface area contributed by atoms with Gasteiger partial charge in [-0.1, -0.05) is 42.5 Å². The molecule has 4 rings (SSSR count). The molecule has 1 aliphatic rings. The van der Waals surface area contributed by atoms with Crippen molar-refractivity contribution in [1.82, 2.24) is 18.7 Å². The van der Waals surface area contributed by atoms with E-state index in [1.54, 1.807) is 19.0 Å². The van der Waals surface area contributed by atoms with Gasteiger partial charge < -0.3 is 0 Å². The van der Waals surface area contributed by atoms with Crippen LogP contribution in [0.25, 0.3) is 11.2 Å². The smallest absolute Gasteiger partial charge is 0.294 e. The summed E-state index contributed by atoms with van der Waals surface area (Å²) in [4.78, 5) is 30.7. The molecule has 29 heavy (non-hydrogen) atoms. The largest absolute Gasteiger partial charge is 0.332 e. The zero-order valence-corrected chi connectivity index (χ0v) is 17.1. The first kappa shape index (κ1) is 18.9. The fourth-order valence-electron chi connectivity index (χ4n) is 3.65. The van der Waals surface area contributed by atoms with Crippen LogP contribution in [0.2, 0.25) is 0 Å². The highest BCUT2D eigenvalue weighted by Gasteiger charge is 2.30. The van der Waals surface area contributed by atoms with Gasteiger partial charge in [0.05, 0.1) is 24.8 Å². The second kappa shape index (κ2) is 6.88. The van der Waals surface area contributed by atoms with E-state index in [1.165, 1.54) is 9.13 Å². The first-order valence-electron chi connectivity index (χ1n) is 9.52. The van der Waals surface area contributed by atoms with Gasteiger partial charge in [-0.05, 0) is 26.3 Å². The third-order valence-corrected chi connectivity index (χ3v) is 5.26. The van der Waals surface area contributed by atoms with Crippen LogP contribution in [0.5, 0.6) is 0 Å². The topological polar surface area (TPSA) is 77.4 Å². The van der Waals surface area contributed by atoms with Gasteiger partial charge in [-0.3, -0.25) is 18.5 Å². The Morgan fingerprint density at radius 1 is 1.21 bits per heavy atom. The van der Waals surface area contributed by atoms with Crippen LogP contribution < -0.4 is 16.3 Å². The number of rotatable bonds is 4. The van der Waals surface area contributed by atoms with Crippen molar-refractivity contribution in [2.75, 3.05) is 5.01 Å². The summed E-state index contributed by atoms with van der Waals surface area (Å²) >= 11 is 0. The van der Waals surface area contributed by atoms with Gasteiger partial charge in [0, 0.05) is 7.05 Å². The molecule has 0 amide bonds. The van der Waals surface area contributed by atoms with Gasteiger partial charge in [0.1, 0.15) is 0 Å². The molecule has 0 N–H and O–H groups in total. The number of fused-ring (bicyclic) bond motifs is 3. The number of nitrogens with zero attached hydrogens (tertiary/aromatic N) is 6. The number of hydrogen-bond acceptors (Lipinski definition) is 5. The third-order valence-electron chi connectivity index (χ3n) is 5.26. The molecule has 3 aromatic rings.